The van der Waals surface area contributed by atoms with Gasteiger partial charge in [-0.15, -0.1) is 0 Å². The van der Waals surface area contributed by atoms with Gasteiger partial charge >= 0.3 is 5.97 Å². The molecule has 0 spiro atoms. The van der Waals surface area contributed by atoms with Gasteiger partial charge in [0.1, 0.15) is 0 Å². The van der Waals surface area contributed by atoms with Crippen molar-refractivity contribution >= 4 is 5.97 Å². The summed E-state index contributed by atoms with van der Waals surface area (Å²) in [6.07, 6.45) is 3.35. The van der Waals surface area contributed by atoms with E-state index in [0.29, 0.717) is 5.56 Å². The highest BCUT2D eigenvalue weighted by Crippen LogP contribution is 1.95. The number of rotatable bonds is 1. The highest BCUT2D eigenvalue weighted by molar-refractivity contribution is 5.88. The molecule has 0 aliphatic carbocycles. The minimum absolute atomic E-state index is 0. The standard InChI is InChI=1S/C7H7NO2.HI/c1-10-7(9)6-2-4-8-5-3-6;/h2-5H,1H3;1H. The largest absolute Gasteiger partial charge is 1.00 e. The van der Waals surface area contributed by atoms with Crippen molar-refractivity contribution in [3.8, 4) is 0 Å². The van der Waals surface area contributed by atoms with Crippen LogP contribution in [0.5, 0.6) is 0 Å². The van der Waals surface area contributed by atoms with Gasteiger partial charge in [0.05, 0.1) is 12.7 Å². The molecular weight excluding hydrogens is 257 g/mol. The van der Waals surface area contributed by atoms with Crippen molar-refractivity contribution in [2.75, 3.05) is 7.11 Å². The van der Waals surface area contributed by atoms with Gasteiger partial charge in [-0.25, -0.2) is 9.78 Å². The SMILES string of the molecule is COC(=O)c1cc[nH+]cc1.[I-]. The first kappa shape index (κ1) is 10.3. The van der Waals surface area contributed by atoms with Crippen molar-refractivity contribution < 1.29 is 38.5 Å². The summed E-state index contributed by atoms with van der Waals surface area (Å²) < 4.78 is 4.48. The summed E-state index contributed by atoms with van der Waals surface area (Å²) in [5, 5.41) is 0. The maximum atomic E-state index is 10.8. The summed E-state index contributed by atoms with van der Waals surface area (Å²) in [6.45, 7) is 0. The van der Waals surface area contributed by atoms with Gasteiger partial charge in [-0.05, 0) is 0 Å². The maximum absolute atomic E-state index is 10.8. The van der Waals surface area contributed by atoms with Crippen LogP contribution in [0.1, 0.15) is 10.4 Å². The van der Waals surface area contributed by atoms with E-state index < -0.39 is 0 Å². The molecule has 0 amide bonds. The molecule has 1 aromatic heterocycles. The van der Waals surface area contributed by atoms with Gasteiger partial charge in [0.25, 0.3) is 0 Å². The Balaban J connectivity index is 0.000001000. The lowest BCUT2D eigenvalue weighted by atomic mass is 10.3. The first-order chi connectivity index (χ1) is 4.84. The van der Waals surface area contributed by atoms with E-state index in [1.165, 1.54) is 7.11 Å². The lowest BCUT2D eigenvalue weighted by molar-refractivity contribution is -0.378. The zero-order valence-electron chi connectivity index (χ0n) is 6.00. The minimum atomic E-state index is -0.311. The van der Waals surface area contributed by atoms with Crippen LogP contribution in [-0.4, -0.2) is 13.1 Å². The third-order valence-corrected chi connectivity index (χ3v) is 1.14. The topological polar surface area (TPSA) is 40.4 Å². The van der Waals surface area contributed by atoms with Crippen molar-refractivity contribution in [1.82, 2.24) is 0 Å². The number of pyridine rings is 1. The molecule has 60 valence electrons. The van der Waals surface area contributed by atoms with Crippen LogP contribution in [0.2, 0.25) is 0 Å². The van der Waals surface area contributed by atoms with Crippen molar-refractivity contribution in [3.63, 3.8) is 0 Å². The van der Waals surface area contributed by atoms with Gasteiger partial charge in [-0.3, -0.25) is 0 Å². The van der Waals surface area contributed by atoms with Gasteiger partial charge < -0.3 is 28.7 Å². The van der Waals surface area contributed by atoms with Crippen LogP contribution >= 0.6 is 0 Å². The molecule has 0 fully saturated rings. The summed E-state index contributed by atoms with van der Waals surface area (Å²) in [4.78, 5) is 13.6. The number of esters is 1. The van der Waals surface area contributed by atoms with Crippen molar-refractivity contribution in [1.29, 1.82) is 0 Å². The van der Waals surface area contributed by atoms with Crippen LogP contribution in [0.3, 0.4) is 0 Å². The zero-order chi connectivity index (χ0) is 7.40. The number of ether oxygens (including phenoxy) is 1. The van der Waals surface area contributed by atoms with E-state index in [2.05, 4.69) is 9.72 Å². The van der Waals surface area contributed by atoms with Gasteiger partial charge in [0, 0.05) is 12.1 Å². The monoisotopic (exact) mass is 265 g/mol. The Kier molecular flexibility index (Phi) is 4.76. The van der Waals surface area contributed by atoms with E-state index in [1.807, 2.05) is 0 Å². The second-order valence-electron chi connectivity index (χ2n) is 1.78. The molecule has 0 radical (unpaired) electrons. The number of carbonyl (C=O) groups excluding carboxylic acids is 1. The number of hydrogen-bond donors (Lipinski definition) is 0. The third kappa shape index (κ3) is 2.83. The molecule has 4 heteroatoms. The molecular formula is C7H8INO2. The Morgan fingerprint density at radius 1 is 1.45 bits per heavy atom. The van der Waals surface area contributed by atoms with Crippen LogP contribution in [0.4, 0.5) is 0 Å². The fourth-order valence-electron chi connectivity index (χ4n) is 0.641. The molecule has 11 heavy (non-hydrogen) atoms. The normalized spacial score (nSPS) is 8.09. The van der Waals surface area contributed by atoms with E-state index in [-0.39, 0.29) is 29.9 Å². The number of aromatic nitrogens is 1. The van der Waals surface area contributed by atoms with Gasteiger partial charge in [0.15, 0.2) is 12.4 Å². The fraction of sp³-hybridized carbons (Fsp3) is 0.143. The highest BCUT2D eigenvalue weighted by atomic mass is 127. The quantitative estimate of drug-likeness (QED) is 0.409. The van der Waals surface area contributed by atoms with E-state index in [1.54, 1.807) is 24.5 Å². The van der Waals surface area contributed by atoms with Gasteiger partial charge in [-0.2, -0.15) is 0 Å². The molecule has 0 aliphatic rings. The molecule has 1 heterocycles. The third-order valence-electron chi connectivity index (χ3n) is 1.14. The Bertz CT molecular complexity index is 225. The summed E-state index contributed by atoms with van der Waals surface area (Å²) >= 11 is 0. The second-order valence-corrected chi connectivity index (χ2v) is 1.78. The van der Waals surface area contributed by atoms with Gasteiger partial charge in [-0.1, -0.05) is 0 Å². The maximum Gasteiger partial charge on any atom is 0.338 e. The molecule has 0 unspecified atom stereocenters. The summed E-state index contributed by atoms with van der Waals surface area (Å²) in [7, 11) is 1.36. The summed E-state index contributed by atoms with van der Waals surface area (Å²) in [5.41, 5.74) is 0.557. The number of nitrogens with one attached hydrogen (secondary N) is 1. The molecule has 0 aromatic carbocycles. The molecule has 0 bridgehead atoms. The molecule has 1 aromatic rings. The first-order valence-electron chi connectivity index (χ1n) is 2.89. The summed E-state index contributed by atoms with van der Waals surface area (Å²) in [5.74, 6) is -0.311. The average Bonchev–Trinajstić information content (AvgIpc) is 2.05. The number of halogens is 1. The van der Waals surface area contributed by atoms with Crippen LogP contribution in [-0.2, 0) is 4.74 Å². The second kappa shape index (κ2) is 5.06. The first-order valence-corrected chi connectivity index (χ1v) is 2.89. The lowest BCUT2D eigenvalue weighted by Gasteiger charge is -1.93. The van der Waals surface area contributed by atoms with E-state index >= 15 is 0 Å². The van der Waals surface area contributed by atoms with Gasteiger partial charge in [0.2, 0.25) is 0 Å². The van der Waals surface area contributed by atoms with Crippen LogP contribution < -0.4 is 29.0 Å². The Morgan fingerprint density at radius 2 is 2.00 bits per heavy atom. The van der Waals surface area contributed by atoms with E-state index in [4.69, 9.17) is 0 Å². The molecule has 0 aliphatic heterocycles. The van der Waals surface area contributed by atoms with Crippen molar-refractivity contribution in [2.45, 2.75) is 0 Å². The predicted octanol–water partition coefficient (Wildman–Crippen LogP) is -2.71. The molecule has 1 N–H and O–H groups in total. The lowest BCUT2D eigenvalue weighted by Crippen LogP contribution is -3.00. The van der Waals surface area contributed by atoms with Crippen molar-refractivity contribution in [3.05, 3.63) is 30.1 Å². The molecule has 0 saturated heterocycles. The molecule has 3 nitrogen and oxygen atoms in total. The van der Waals surface area contributed by atoms with Crippen molar-refractivity contribution in [2.24, 2.45) is 0 Å². The number of carbonyl (C=O) groups is 1. The number of hydrogen-bond acceptors (Lipinski definition) is 2. The number of H-pyrrole nitrogens is 1. The summed E-state index contributed by atoms with van der Waals surface area (Å²) in [6, 6.07) is 3.32. The molecule has 0 saturated carbocycles. The Hall–Kier alpha value is -0.650. The average molecular weight is 265 g/mol. The molecule has 1 rings (SSSR count). The number of aromatic amines is 1. The fourth-order valence-corrected chi connectivity index (χ4v) is 0.641. The predicted molar refractivity (Wildman–Crippen MR) is 34.3 cm³/mol. The smallest absolute Gasteiger partial charge is 0.338 e. The van der Waals surface area contributed by atoms with Crippen LogP contribution in [0, 0.1) is 0 Å². The van der Waals surface area contributed by atoms with Crippen LogP contribution in [0.25, 0.3) is 0 Å². The zero-order valence-corrected chi connectivity index (χ0v) is 8.16. The Morgan fingerprint density at radius 3 is 2.45 bits per heavy atom. The minimum Gasteiger partial charge on any atom is -1.00 e. The highest BCUT2D eigenvalue weighted by Gasteiger charge is 2.03. The molecule has 0 atom stereocenters. The Labute approximate surface area is 81.8 Å². The number of methoxy groups -OCH3 is 1. The van der Waals surface area contributed by atoms with Crippen LogP contribution in [0.15, 0.2) is 24.5 Å². The van der Waals surface area contributed by atoms with E-state index in [9.17, 15) is 4.79 Å². The van der Waals surface area contributed by atoms with E-state index in [0.717, 1.165) is 0 Å².